The van der Waals surface area contributed by atoms with Gasteiger partial charge in [-0.3, -0.25) is 4.79 Å². The van der Waals surface area contributed by atoms with E-state index in [9.17, 15) is 4.79 Å². The molecule has 0 saturated carbocycles. The van der Waals surface area contributed by atoms with Crippen molar-refractivity contribution in [3.63, 3.8) is 0 Å². The Kier molecular flexibility index (Phi) is 3.96. The van der Waals surface area contributed by atoms with Crippen LogP contribution in [0, 0.1) is 13.8 Å². The van der Waals surface area contributed by atoms with E-state index in [0.29, 0.717) is 5.56 Å². The van der Waals surface area contributed by atoms with Crippen molar-refractivity contribution in [3.8, 4) is 0 Å². The van der Waals surface area contributed by atoms with Gasteiger partial charge in [0.1, 0.15) is 0 Å². The number of amides is 1. The lowest BCUT2D eigenvalue weighted by Crippen LogP contribution is -2.26. The van der Waals surface area contributed by atoms with Crippen LogP contribution >= 0.6 is 12.6 Å². The van der Waals surface area contributed by atoms with Crippen LogP contribution in [0.5, 0.6) is 0 Å². The molecular formula is C16H17NOS. The van der Waals surface area contributed by atoms with Crippen molar-refractivity contribution in [1.82, 2.24) is 0 Å². The van der Waals surface area contributed by atoms with Crippen molar-refractivity contribution in [2.75, 3.05) is 11.9 Å². The second-order valence-corrected chi connectivity index (χ2v) is 5.22. The molecule has 0 heterocycles. The summed E-state index contributed by atoms with van der Waals surface area (Å²) in [6.07, 6.45) is 0. The quantitative estimate of drug-likeness (QED) is 0.822. The summed E-state index contributed by atoms with van der Waals surface area (Å²) in [5.41, 5.74) is 3.87. The predicted molar refractivity (Wildman–Crippen MR) is 82.3 cm³/mol. The Balaban J connectivity index is 2.33. The number of nitrogens with zero attached hydrogens (tertiary/aromatic N) is 1. The zero-order valence-electron chi connectivity index (χ0n) is 11.3. The Bertz CT molecular complexity index is 622. The minimum atomic E-state index is -0.0251. The molecule has 98 valence electrons. The first-order valence-electron chi connectivity index (χ1n) is 6.13. The Morgan fingerprint density at radius 1 is 1.11 bits per heavy atom. The largest absolute Gasteiger partial charge is 0.311 e. The molecule has 3 heteroatoms. The summed E-state index contributed by atoms with van der Waals surface area (Å²) in [4.78, 5) is 14.9. The van der Waals surface area contributed by atoms with E-state index in [0.717, 1.165) is 16.1 Å². The average Bonchev–Trinajstić information content (AvgIpc) is 2.37. The van der Waals surface area contributed by atoms with Gasteiger partial charge in [0.2, 0.25) is 0 Å². The second kappa shape index (κ2) is 5.49. The number of anilines is 1. The molecule has 19 heavy (non-hydrogen) atoms. The van der Waals surface area contributed by atoms with Crippen molar-refractivity contribution < 1.29 is 4.79 Å². The van der Waals surface area contributed by atoms with E-state index in [-0.39, 0.29) is 5.91 Å². The number of benzene rings is 2. The second-order valence-electron chi connectivity index (χ2n) is 4.70. The number of carbonyl (C=O) groups excluding carboxylic acids is 1. The first-order valence-corrected chi connectivity index (χ1v) is 6.58. The Morgan fingerprint density at radius 2 is 1.84 bits per heavy atom. The minimum absolute atomic E-state index is 0.0251. The molecule has 0 aliphatic heterocycles. The van der Waals surface area contributed by atoms with Crippen molar-refractivity contribution in [1.29, 1.82) is 0 Å². The molecular weight excluding hydrogens is 254 g/mol. The molecule has 0 N–H and O–H groups in total. The third kappa shape index (κ3) is 2.99. The summed E-state index contributed by atoms with van der Waals surface area (Å²) in [5.74, 6) is -0.0251. The standard InChI is InChI=1S/C16H17NOS/c1-11-7-8-15(12(2)9-11)17(3)16(18)13-5-4-6-14(19)10-13/h4-10,19H,1-3H3. The third-order valence-corrected chi connectivity index (χ3v) is 3.39. The lowest BCUT2D eigenvalue weighted by Gasteiger charge is -2.20. The van der Waals surface area contributed by atoms with E-state index >= 15 is 0 Å². The summed E-state index contributed by atoms with van der Waals surface area (Å²) < 4.78 is 0. The fourth-order valence-corrected chi connectivity index (χ4v) is 2.35. The fourth-order valence-electron chi connectivity index (χ4n) is 2.12. The lowest BCUT2D eigenvalue weighted by atomic mass is 10.1. The Labute approximate surface area is 119 Å². The minimum Gasteiger partial charge on any atom is -0.311 e. The zero-order valence-corrected chi connectivity index (χ0v) is 12.2. The summed E-state index contributed by atoms with van der Waals surface area (Å²) in [6, 6.07) is 13.4. The number of rotatable bonds is 2. The predicted octanol–water partition coefficient (Wildman–Crippen LogP) is 3.87. The van der Waals surface area contributed by atoms with E-state index in [4.69, 9.17) is 0 Å². The van der Waals surface area contributed by atoms with Gasteiger partial charge in [-0.1, -0.05) is 23.8 Å². The van der Waals surface area contributed by atoms with Crippen LogP contribution < -0.4 is 4.90 Å². The van der Waals surface area contributed by atoms with E-state index in [1.165, 1.54) is 5.56 Å². The molecule has 0 atom stereocenters. The van der Waals surface area contributed by atoms with E-state index in [1.54, 1.807) is 18.0 Å². The van der Waals surface area contributed by atoms with Gasteiger partial charge in [0.25, 0.3) is 5.91 Å². The SMILES string of the molecule is Cc1ccc(N(C)C(=O)c2cccc(S)c2)c(C)c1. The van der Waals surface area contributed by atoms with Gasteiger partial charge in [-0.05, 0) is 43.7 Å². The Hall–Kier alpha value is -1.74. The van der Waals surface area contributed by atoms with Gasteiger partial charge in [-0.2, -0.15) is 0 Å². The number of thiol groups is 1. The van der Waals surface area contributed by atoms with Crippen LogP contribution in [0.2, 0.25) is 0 Å². The fraction of sp³-hybridized carbons (Fsp3) is 0.188. The summed E-state index contributed by atoms with van der Waals surface area (Å²) >= 11 is 4.27. The highest BCUT2D eigenvalue weighted by molar-refractivity contribution is 7.80. The van der Waals surface area contributed by atoms with Crippen LogP contribution in [0.25, 0.3) is 0 Å². The lowest BCUT2D eigenvalue weighted by molar-refractivity contribution is 0.0992. The average molecular weight is 271 g/mol. The molecule has 2 aromatic carbocycles. The van der Waals surface area contributed by atoms with Gasteiger partial charge in [-0.15, -0.1) is 12.6 Å². The van der Waals surface area contributed by atoms with E-state index in [1.807, 2.05) is 44.2 Å². The molecule has 0 aliphatic carbocycles. The summed E-state index contributed by atoms with van der Waals surface area (Å²) in [6.45, 7) is 4.06. The molecule has 2 nitrogen and oxygen atoms in total. The van der Waals surface area contributed by atoms with Crippen molar-refractivity contribution in [3.05, 3.63) is 59.2 Å². The van der Waals surface area contributed by atoms with Gasteiger partial charge in [0.05, 0.1) is 0 Å². The molecule has 0 fully saturated rings. The first kappa shape index (κ1) is 13.7. The maximum atomic E-state index is 12.4. The maximum Gasteiger partial charge on any atom is 0.258 e. The number of hydrogen-bond donors (Lipinski definition) is 1. The molecule has 2 rings (SSSR count). The molecule has 0 radical (unpaired) electrons. The first-order chi connectivity index (χ1) is 8.99. The van der Waals surface area contributed by atoms with Gasteiger partial charge in [-0.25, -0.2) is 0 Å². The van der Waals surface area contributed by atoms with Crippen LogP contribution in [-0.2, 0) is 0 Å². The molecule has 0 saturated heterocycles. The molecule has 1 amide bonds. The van der Waals surface area contributed by atoms with Crippen LogP contribution in [0.4, 0.5) is 5.69 Å². The third-order valence-electron chi connectivity index (χ3n) is 3.11. The monoisotopic (exact) mass is 271 g/mol. The summed E-state index contributed by atoms with van der Waals surface area (Å²) in [5, 5.41) is 0. The van der Waals surface area contributed by atoms with Crippen LogP contribution in [0.1, 0.15) is 21.5 Å². The molecule has 2 aromatic rings. The van der Waals surface area contributed by atoms with E-state index in [2.05, 4.69) is 18.7 Å². The molecule has 0 spiro atoms. The van der Waals surface area contributed by atoms with Crippen LogP contribution in [0.3, 0.4) is 0 Å². The van der Waals surface area contributed by atoms with Crippen molar-refractivity contribution in [2.45, 2.75) is 18.7 Å². The highest BCUT2D eigenvalue weighted by Crippen LogP contribution is 2.22. The number of aryl methyl sites for hydroxylation is 2. The number of carbonyl (C=O) groups is 1. The topological polar surface area (TPSA) is 20.3 Å². The number of hydrogen-bond acceptors (Lipinski definition) is 2. The van der Waals surface area contributed by atoms with Gasteiger partial charge in [0.15, 0.2) is 0 Å². The van der Waals surface area contributed by atoms with Crippen molar-refractivity contribution >= 4 is 24.2 Å². The van der Waals surface area contributed by atoms with Crippen LogP contribution in [0.15, 0.2) is 47.4 Å². The van der Waals surface area contributed by atoms with Gasteiger partial charge < -0.3 is 4.90 Å². The highest BCUT2D eigenvalue weighted by Gasteiger charge is 2.15. The van der Waals surface area contributed by atoms with Crippen molar-refractivity contribution in [2.24, 2.45) is 0 Å². The Morgan fingerprint density at radius 3 is 2.47 bits per heavy atom. The normalized spacial score (nSPS) is 10.3. The van der Waals surface area contributed by atoms with Gasteiger partial charge >= 0.3 is 0 Å². The highest BCUT2D eigenvalue weighted by atomic mass is 32.1. The van der Waals surface area contributed by atoms with E-state index < -0.39 is 0 Å². The molecule has 0 aromatic heterocycles. The summed E-state index contributed by atoms with van der Waals surface area (Å²) in [7, 11) is 1.80. The molecule has 0 aliphatic rings. The zero-order chi connectivity index (χ0) is 14.0. The molecule has 0 bridgehead atoms. The maximum absolute atomic E-state index is 12.4. The molecule has 0 unspecified atom stereocenters. The smallest absolute Gasteiger partial charge is 0.258 e. The van der Waals surface area contributed by atoms with Gasteiger partial charge in [0, 0.05) is 23.2 Å². The van der Waals surface area contributed by atoms with Crippen LogP contribution in [-0.4, -0.2) is 13.0 Å².